The molecule has 0 heterocycles. The van der Waals surface area contributed by atoms with E-state index in [4.69, 9.17) is 15.3 Å². The molecular weight excluding hydrogens is 194 g/mol. The van der Waals surface area contributed by atoms with Gasteiger partial charge in [0.05, 0.1) is 6.54 Å². The van der Waals surface area contributed by atoms with Crippen LogP contribution in [0.25, 0.3) is 0 Å². The summed E-state index contributed by atoms with van der Waals surface area (Å²) in [6, 6.07) is -1.14. The van der Waals surface area contributed by atoms with Crippen molar-refractivity contribution in [2.75, 3.05) is 6.54 Å². The van der Waals surface area contributed by atoms with Crippen LogP contribution in [-0.2, 0) is 14.4 Å². The van der Waals surface area contributed by atoms with E-state index in [1.54, 1.807) is 0 Å². The van der Waals surface area contributed by atoms with Crippen molar-refractivity contribution in [1.82, 2.24) is 5.32 Å². The Kier molecular flexibility index (Phi) is 5.23. The van der Waals surface area contributed by atoms with E-state index in [0.29, 0.717) is 0 Å². The van der Waals surface area contributed by atoms with Crippen LogP contribution in [0.2, 0.25) is 0 Å². The zero-order valence-corrected chi connectivity index (χ0v) is 7.27. The normalized spacial score (nSPS) is 12.0. The highest BCUT2D eigenvalue weighted by molar-refractivity contribution is 5.76. The van der Waals surface area contributed by atoms with Crippen molar-refractivity contribution in [1.29, 1.82) is 0 Å². The smallest absolute Gasteiger partial charge is 0.320 e. The Morgan fingerprint density at radius 1 is 1.07 bits per heavy atom. The van der Waals surface area contributed by atoms with Gasteiger partial charge in [-0.2, -0.15) is 0 Å². The van der Waals surface area contributed by atoms with E-state index in [-0.39, 0.29) is 12.8 Å². The number of nitrogens with one attached hydrogen (secondary N) is 1. The van der Waals surface area contributed by atoms with Crippen LogP contribution in [0.1, 0.15) is 12.8 Å². The first kappa shape index (κ1) is 12.4. The summed E-state index contributed by atoms with van der Waals surface area (Å²) in [7, 11) is 0. The molecule has 0 aromatic rings. The van der Waals surface area contributed by atoms with Crippen LogP contribution < -0.4 is 5.32 Å². The molecule has 0 bridgehead atoms. The lowest BCUT2D eigenvalue weighted by atomic mass is 10.1. The van der Waals surface area contributed by atoms with Crippen molar-refractivity contribution in [2.24, 2.45) is 0 Å². The second kappa shape index (κ2) is 5.92. The first-order valence-electron chi connectivity index (χ1n) is 3.83. The lowest BCUT2D eigenvalue weighted by Crippen LogP contribution is -2.39. The van der Waals surface area contributed by atoms with Crippen molar-refractivity contribution in [3.05, 3.63) is 0 Å². The van der Waals surface area contributed by atoms with Crippen LogP contribution in [0, 0.1) is 0 Å². The Hall–Kier alpha value is -1.63. The molecule has 1 atom stereocenters. The van der Waals surface area contributed by atoms with E-state index in [9.17, 15) is 14.4 Å². The van der Waals surface area contributed by atoms with E-state index in [1.807, 2.05) is 0 Å². The Balaban J connectivity index is 3.96. The number of hydrogen-bond donors (Lipinski definition) is 4. The van der Waals surface area contributed by atoms with Crippen molar-refractivity contribution >= 4 is 17.9 Å². The van der Waals surface area contributed by atoms with Gasteiger partial charge in [-0.3, -0.25) is 19.7 Å². The maximum Gasteiger partial charge on any atom is 0.320 e. The minimum Gasteiger partial charge on any atom is -0.481 e. The van der Waals surface area contributed by atoms with Crippen LogP contribution in [0.3, 0.4) is 0 Å². The SMILES string of the molecule is O=C(O)CC[C@H](NCC(=O)O)C(=O)O. The Bertz CT molecular complexity index is 220. The average Bonchev–Trinajstić information content (AvgIpc) is 2.02. The molecule has 0 saturated carbocycles. The first-order valence-corrected chi connectivity index (χ1v) is 3.83. The molecule has 0 saturated heterocycles. The second-order valence-corrected chi connectivity index (χ2v) is 2.60. The summed E-state index contributed by atoms with van der Waals surface area (Å²) >= 11 is 0. The number of carboxylic acid groups (broad SMARTS) is 3. The fraction of sp³-hybridized carbons (Fsp3) is 0.571. The van der Waals surface area contributed by atoms with Gasteiger partial charge in [0.1, 0.15) is 6.04 Å². The second-order valence-electron chi connectivity index (χ2n) is 2.60. The monoisotopic (exact) mass is 205 g/mol. The number of rotatable bonds is 7. The third-order valence-electron chi connectivity index (χ3n) is 1.44. The molecule has 7 heteroatoms. The predicted octanol–water partition coefficient (Wildman–Crippen LogP) is -1.02. The summed E-state index contributed by atoms with van der Waals surface area (Å²) in [6.45, 7) is -0.503. The van der Waals surface area contributed by atoms with Crippen LogP contribution >= 0.6 is 0 Å². The molecular formula is C7H11NO6. The lowest BCUT2D eigenvalue weighted by Gasteiger charge is -2.10. The topological polar surface area (TPSA) is 124 Å². The number of hydrogen-bond acceptors (Lipinski definition) is 4. The number of carboxylic acids is 3. The number of carbonyl (C=O) groups is 3. The average molecular weight is 205 g/mol. The molecule has 0 aromatic heterocycles. The highest BCUT2D eigenvalue weighted by Crippen LogP contribution is 1.97. The molecule has 0 aliphatic rings. The van der Waals surface area contributed by atoms with Crippen LogP contribution in [-0.4, -0.2) is 45.8 Å². The molecule has 0 radical (unpaired) electrons. The summed E-state index contributed by atoms with van der Waals surface area (Å²) in [5, 5.41) is 27.3. The standard InChI is InChI=1S/C7H11NO6/c9-5(10)2-1-4(7(13)14)8-3-6(11)12/h4,8H,1-3H2,(H,9,10)(H,11,12)(H,13,14)/t4-/m0/s1. The van der Waals surface area contributed by atoms with Gasteiger partial charge in [0.15, 0.2) is 0 Å². The quantitative estimate of drug-likeness (QED) is 0.419. The van der Waals surface area contributed by atoms with Gasteiger partial charge in [0, 0.05) is 6.42 Å². The van der Waals surface area contributed by atoms with Gasteiger partial charge >= 0.3 is 17.9 Å². The number of aliphatic carboxylic acids is 3. The third kappa shape index (κ3) is 5.95. The van der Waals surface area contributed by atoms with Gasteiger partial charge in [0.2, 0.25) is 0 Å². The van der Waals surface area contributed by atoms with Gasteiger partial charge in [-0.05, 0) is 6.42 Å². The van der Waals surface area contributed by atoms with E-state index < -0.39 is 30.5 Å². The molecule has 0 fully saturated rings. The van der Waals surface area contributed by atoms with Crippen molar-refractivity contribution in [3.8, 4) is 0 Å². The molecule has 0 rings (SSSR count). The minimum atomic E-state index is -1.26. The zero-order chi connectivity index (χ0) is 11.1. The van der Waals surface area contributed by atoms with E-state index in [0.717, 1.165) is 0 Å². The molecule has 0 aliphatic carbocycles. The summed E-state index contributed by atoms with van der Waals surface area (Å²) in [4.78, 5) is 30.7. The predicted molar refractivity (Wildman–Crippen MR) is 43.9 cm³/mol. The van der Waals surface area contributed by atoms with Crippen LogP contribution in [0.5, 0.6) is 0 Å². The molecule has 0 aliphatic heterocycles. The highest BCUT2D eigenvalue weighted by atomic mass is 16.4. The minimum absolute atomic E-state index is 0.141. The molecule has 0 unspecified atom stereocenters. The summed E-state index contributed by atoms with van der Waals surface area (Å²) in [6.07, 6.45) is -0.457. The summed E-state index contributed by atoms with van der Waals surface area (Å²) in [5.41, 5.74) is 0. The molecule has 80 valence electrons. The molecule has 7 nitrogen and oxygen atoms in total. The fourth-order valence-corrected chi connectivity index (χ4v) is 0.791. The first-order chi connectivity index (χ1) is 6.43. The molecule has 4 N–H and O–H groups in total. The Labute approximate surface area is 79.3 Å². The van der Waals surface area contributed by atoms with Gasteiger partial charge in [-0.1, -0.05) is 0 Å². The van der Waals surface area contributed by atoms with Gasteiger partial charge in [-0.15, -0.1) is 0 Å². The van der Waals surface area contributed by atoms with E-state index in [1.165, 1.54) is 0 Å². The summed E-state index contributed by atoms with van der Waals surface area (Å²) in [5.74, 6) is -3.56. The molecule has 0 spiro atoms. The zero-order valence-electron chi connectivity index (χ0n) is 7.27. The van der Waals surface area contributed by atoms with Gasteiger partial charge < -0.3 is 15.3 Å². The lowest BCUT2D eigenvalue weighted by molar-refractivity contribution is -0.141. The van der Waals surface area contributed by atoms with Gasteiger partial charge in [0.25, 0.3) is 0 Å². The Morgan fingerprint density at radius 2 is 1.64 bits per heavy atom. The highest BCUT2D eigenvalue weighted by Gasteiger charge is 2.18. The maximum absolute atomic E-state index is 10.5. The fourth-order valence-electron chi connectivity index (χ4n) is 0.791. The van der Waals surface area contributed by atoms with E-state index in [2.05, 4.69) is 5.32 Å². The summed E-state index contributed by atoms with van der Waals surface area (Å²) < 4.78 is 0. The van der Waals surface area contributed by atoms with E-state index >= 15 is 0 Å². The van der Waals surface area contributed by atoms with Gasteiger partial charge in [-0.25, -0.2) is 0 Å². The van der Waals surface area contributed by atoms with Crippen LogP contribution in [0.15, 0.2) is 0 Å². The molecule has 0 aromatic carbocycles. The van der Waals surface area contributed by atoms with Crippen molar-refractivity contribution < 1.29 is 29.7 Å². The molecule has 0 amide bonds. The molecule has 14 heavy (non-hydrogen) atoms. The van der Waals surface area contributed by atoms with Crippen molar-refractivity contribution in [2.45, 2.75) is 18.9 Å². The van der Waals surface area contributed by atoms with Crippen LogP contribution in [0.4, 0.5) is 0 Å². The van der Waals surface area contributed by atoms with Crippen molar-refractivity contribution in [3.63, 3.8) is 0 Å². The Morgan fingerprint density at radius 3 is 2.00 bits per heavy atom. The largest absolute Gasteiger partial charge is 0.481 e. The third-order valence-corrected chi connectivity index (χ3v) is 1.44. The maximum atomic E-state index is 10.5.